The summed E-state index contributed by atoms with van der Waals surface area (Å²) in [5, 5.41) is 4.62. The predicted molar refractivity (Wildman–Crippen MR) is 117 cm³/mol. The first-order valence-electron chi connectivity index (χ1n) is 10.2. The Hall–Kier alpha value is -2.82. The average Bonchev–Trinajstić information content (AvgIpc) is 3.25. The van der Waals surface area contributed by atoms with Crippen molar-refractivity contribution in [2.45, 2.75) is 45.4 Å². The van der Waals surface area contributed by atoms with Crippen LogP contribution in [0.25, 0.3) is 17.1 Å². The second-order valence-electron chi connectivity index (χ2n) is 9.12. The molecule has 0 atom stereocenters. The van der Waals surface area contributed by atoms with Gasteiger partial charge in [-0.1, -0.05) is 62.9 Å². The van der Waals surface area contributed by atoms with Crippen molar-refractivity contribution in [3.63, 3.8) is 0 Å². The van der Waals surface area contributed by atoms with Gasteiger partial charge >= 0.3 is 20.4 Å². The molecule has 0 saturated carbocycles. The van der Waals surface area contributed by atoms with Crippen molar-refractivity contribution < 1.29 is 29.2 Å². The maximum atomic E-state index is 14.2. The molecule has 4 aromatic heterocycles. The number of halogens is 2. The largest absolute Gasteiger partial charge is 2.00 e. The van der Waals surface area contributed by atoms with Crippen LogP contribution < -0.4 is 0 Å². The molecule has 4 rings (SSSR count). The van der Waals surface area contributed by atoms with Gasteiger partial charge in [0.15, 0.2) is 0 Å². The van der Waals surface area contributed by atoms with Crippen LogP contribution in [-0.4, -0.2) is 24.7 Å². The van der Waals surface area contributed by atoms with Crippen LogP contribution in [0, 0.1) is 24.2 Å². The normalized spacial score (nSPS) is 11.8. The summed E-state index contributed by atoms with van der Waals surface area (Å²) in [7, 11) is 0. The Labute approximate surface area is 206 Å². The Morgan fingerprint density at radius 2 is 1.48 bits per heavy atom. The fraction of sp³-hybridized carbons (Fsp3) is 0.280. The Bertz CT molecular complexity index is 1280. The standard InChI is InChI=1S/C25H23F2N5.Pd/c1-24(2,3)18-14-15-32(31-18)22-11-7-10-20(29-22)25(4,5)19-9-6-8-17(28-19)16-12-13-21(26)30-23(16)27;/h6-11,13-14H,1-5H3;/q-2;+2. The molecule has 4 heterocycles. The Balaban J connectivity index is 0.00000306. The van der Waals surface area contributed by atoms with Crippen LogP contribution in [0.4, 0.5) is 8.78 Å². The predicted octanol–water partition coefficient (Wildman–Crippen LogP) is 5.22. The molecule has 0 aliphatic rings. The van der Waals surface area contributed by atoms with Crippen molar-refractivity contribution in [2.75, 3.05) is 0 Å². The van der Waals surface area contributed by atoms with Gasteiger partial charge in [0.2, 0.25) is 0 Å². The van der Waals surface area contributed by atoms with Gasteiger partial charge in [-0.25, -0.2) is 8.78 Å². The van der Waals surface area contributed by atoms with Crippen molar-refractivity contribution in [1.29, 1.82) is 0 Å². The molecule has 0 bridgehead atoms. The minimum Gasteiger partial charge on any atom is -0.343 e. The Kier molecular flexibility index (Phi) is 6.92. The molecule has 5 nitrogen and oxygen atoms in total. The van der Waals surface area contributed by atoms with Crippen LogP contribution in [0.3, 0.4) is 0 Å². The summed E-state index contributed by atoms with van der Waals surface area (Å²) in [6, 6.07) is 16.4. The van der Waals surface area contributed by atoms with Crippen LogP contribution in [-0.2, 0) is 31.3 Å². The van der Waals surface area contributed by atoms with Crippen LogP contribution in [0.1, 0.15) is 51.7 Å². The van der Waals surface area contributed by atoms with Gasteiger partial charge in [0.05, 0.1) is 5.82 Å². The molecule has 4 aromatic rings. The summed E-state index contributed by atoms with van der Waals surface area (Å²) in [4.78, 5) is 12.7. The summed E-state index contributed by atoms with van der Waals surface area (Å²) in [6.07, 6.45) is 3.13. The number of hydrogen-bond acceptors (Lipinski definition) is 4. The Morgan fingerprint density at radius 1 is 0.818 bits per heavy atom. The van der Waals surface area contributed by atoms with E-state index in [9.17, 15) is 8.78 Å². The van der Waals surface area contributed by atoms with E-state index in [1.54, 1.807) is 16.8 Å². The molecule has 0 amide bonds. The fourth-order valence-corrected chi connectivity index (χ4v) is 3.27. The van der Waals surface area contributed by atoms with Crippen LogP contribution >= 0.6 is 0 Å². The van der Waals surface area contributed by atoms with Crippen molar-refractivity contribution >= 4 is 0 Å². The number of hydrogen-bond donors (Lipinski definition) is 0. The molecule has 0 fully saturated rings. The monoisotopic (exact) mass is 537 g/mol. The third-order valence-electron chi connectivity index (χ3n) is 5.28. The third kappa shape index (κ3) is 5.07. The van der Waals surface area contributed by atoms with Crippen molar-refractivity contribution in [3.05, 3.63) is 89.8 Å². The molecule has 0 N–H and O–H groups in total. The van der Waals surface area contributed by atoms with E-state index in [1.165, 1.54) is 0 Å². The van der Waals surface area contributed by atoms with Crippen molar-refractivity contribution in [2.24, 2.45) is 0 Å². The van der Waals surface area contributed by atoms with E-state index in [0.717, 1.165) is 17.5 Å². The van der Waals surface area contributed by atoms with E-state index >= 15 is 0 Å². The van der Waals surface area contributed by atoms with Gasteiger partial charge in [-0.05, 0) is 42.8 Å². The Morgan fingerprint density at radius 3 is 2.12 bits per heavy atom. The van der Waals surface area contributed by atoms with E-state index in [4.69, 9.17) is 4.98 Å². The van der Waals surface area contributed by atoms with Crippen molar-refractivity contribution in [3.8, 4) is 17.1 Å². The number of rotatable bonds is 4. The second-order valence-corrected chi connectivity index (χ2v) is 9.12. The minimum absolute atomic E-state index is 0. The van der Waals surface area contributed by atoms with Gasteiger partial charge in [-0.15, -0.1) is 12.1 Å². The molecule has 0 aliphatic carbocycles. The molecule has 0 radical (unpaired) electrons. The van der Waals surface area contributed by atoms with E-state index in [1.807, 2.05) is 44.2 Å². The minimum atomic E-state index is -0.948. The molecule has 172 valence electrons. The first-order chi connectivity index (χ1) is 15.1. The maximum Gasteiger partial charge on any atom is 2.00 e. The van der Waals surface area contributed by atoms with Gasteiger partial charge in [-0.2, -0.15) is 0 Å². The number of pyridine rings is 3. The molecule has 0 spiro atoms. The summed E-state index contributed by atoms with van der Waals surface area (Å²) in [6.45, 7) is 10.3. The molecule has 8 heteroatoms. The molecular weight excluding hydrogens is 515 g/mol. The smallest absolute Gasteiger partial charge is 0.343 e. The zero-order chi connectivity index (χ0) is 23.1. The molecule has 0 saturated heterocycles. The average molecular weight is 538 g/mol. The molecule has 33 heavy (non-hydrogen) atoms. The molecule has 0 unspecified atom stereocenters. The SMILES string of the molecule is CC(C)(C)c1c[c-]n(-c2cccc(C(C)(C)c3cccc(-c4[c-]cc(F)nc4F)n3)n2)n1.[Pd+2]. The fourth-order valence-electron chi connectivity index (χ4n) is 3.27. The first-order valence-corrected chi connectivity index (χ1v) is 10.2. The van der Waals surface area contributed by atoms with Crippen LogP contribution in [0.5, 0.6) is 0 Å². The second kappa shape index (κ2) is 9.20. The van der Waals surface area contributed by atoms with Crippen LogP contribution in [0.2, 0.25) is 0 Å². The maximum absolute atomic E-state index is 14.2. The van der Waals surface area contributed by atoms with E-state index < -0.39 is 17.3 Å². The number of aromatic nitrogens is 5. The number of nitrogens with zero attached hydrogens (tertiary/aromatic N) is 5. The first kappa shape index (κ1) is 24.8. The van der Waals surface area contributed by atoms with E-state index in [0.29, 0.717) is 17.2 Å². The van der Waals surface area contributed by atoms with Gasteiger partial charge in [0.1, 0.15) is 11.9 Å². The molecular formula is C25H23F2N5Pd. The van der Waals surface area contributed by atoms with Crippen LogP contribution in [0.15, 0.2) is 48.5 Å². The van der Waals surface area contributed by atoms with Gasteiger partial charge in [0.25, 0.3) is 0 Å². The van der Waals surface area contributed by atoms with Gasteiger partial charge < -0.3 is 9.67 Å². The van der Waals surface area contributed by atoms with E-state index in [2.05, 4.69) is 48.1 Å². The summed E-state index contributed by atoms with van der Waals surface area (Å²) < 4.78 is 29.0. The van der Waals surface area contributed by atoms with Gasteiger partial charge in [-0.3, -0.25) is 15.1 Å². The molecule has 0 aromatic carbocycles. The summed E-state index contributed by atoms with van der Waals surface area (Å²) in [5.74, 6) is -1.23. The zero-order valence-corrected chi connectivity index (χ0v) is 20.5. The topological polar surface area (TPSA) is 56.5 Å². The van der Waals surface area contributed by atoms with E-state index in [-0.39, 0.29) is 31.4 Å². The summed E-state index contributed by atoms with van der Waals surface area (Å²) >= 11 is 0. The quantitative estimate of drug-likeness (QED) is 0.203. The summed E-state index contributed by atoms with van der Waals surface area (Å²) in [5.41, 5.74) is 2.02. The van der Waals surface area contributed by atoms with Crippen molar-refractivity contribution in [1.82, 2.24) is 24.7 Å². The van der Waals surface area contributed by atoms with Gasteiger partial charge in [0, 0.05) is 16.8 Å². The third-order valence-corrected chi connectivity index (χ3v) is 5.28. The zero-order valence-electron chi connectivity index (χ0n) is 18.9. The molecule has 0 aliphatic heterocycles.